The van der Waals surface area contributed by atoms with Gasteiger partial charge in [0, 0.05) is 32.1 Å². The predicted molar refractivity (Wildman–Crippen MR) is 80.0 cm³/mol. The van der Waals surface area contributed by atoms with Crippen molar-refractivity contribution in [2.24, 2.45) is 0 Å². The lowest BCUT2D eigenvalue weighted by Crippen LogP contribution is -2.33. The van der Waals surface area contributed by atoms with Gasteiger partial charge in [-0.2, -0.15) is 0 Å². The molecular formula is C15H14N2O3S. The van der Waals surface area contributed by atoms with E-state index in [2.05, 4.69) is 0 Å². The largest absolute Gasteiger partial charge is 0.307 e. The van der Waals surface area contributed by atoms with Crippen molar-refractivity contribution in [1.82, 2.24) is 9.47 Å². The number of benzene rings is 1. The SMILES string of the molecule is O=C1CCC(=O)N1CCn1cc(-c2ccccc2)sc1=O. The number of amides is 2. The second kappa shape index (κ2) is 5.65. The highest BCUT2D eigenvalue weighted by molar-refractivity contribution is 7.12. The van der Waals surface area contributed by atoms with E-state index in [1.807, 2.05) is 30.3 Å². The molecule has 0 unspecified atom stereocenters. The Balaban J connectivity index is 1.75. The van der Waals surface area contributed by atoms with Crippen LogP contribution >= 0.6 is 11.3 Å². The molecule has 2 aromatic rings. The third kappa shape index (κ3) is 2.80. The quantitative estimate of drug-likeness (QED) is 0.808. The minimum atomic E-state index is -0.147. The number of likely N-dealkylation sites (tertiary alicyclic amines) is 1. The number of thiazole rings is 1. The molecule has 5 nitrogen and oxygen atoms in total. The average molecular weight is 302 g/mol. The van der Waals surface area contributed by atoms with E-state index in [-0.39, 0.29) is 36.1 Å². The van der Waals surface area contributed by atoms with Gasteiger partial charge in [-0.25, -0.2) is 0 Å². The van der Waals surface area contributed by atoms with E-state index >= 15 is 0 Å². The summed E-state index contributed by atoms with van der Waals surface area (Å²) in [5, 5.41) is 0. The highest BCUT2D eigenvalue weighted by Crippen LogP contribution is 2.21. The molecule has 0 N–H and O–H groups in total. The fourth-order valence-corrected chi connectivity index (χ4v) is 3.23. The minimum Gasteiger partial charge on any atom is -0.304 e. The van der Waals surface area contributed by atoms with Crippen LogP contribution in [0.1, 0.15) is 12.8 Å². The summed E-state index contributed by atoms with van der Waals surface area (Å²) in [6, 6.07) is 9.66. The first-order valence-corrected chi connectivity index (χ1v) is 7.56. The fourth-order valence-electron chi connectivity index (χ4n) is 2.35. The summed E-state index contributed by atoms with van der Waals surface area (Å²) in [4.78, 5) is 37.1. The van der Waals surface area contributed by atoms with Crippen molar-refractivity contribution < 1.29 is 9.59 Å². The van der Waals surface area contributed by atoms with Gasteiger partial charge < -0.3 is 4.57 Å². The molecule has 1 aliphatic rings. The zero-order chi connectivity index (χ0) is 14.8. The van der Waals surface area contributed by atoms with Gasteiger partial charge in [0.2, 0.25) is 11.8 Å². The standard InChI is InChI=1S/C15H14N2O3S/c18-13-6-7-14(19)17(13)9-8-16-10-12(21-15(16)20)11-4-2-1-3-5-11/h1-5,10H,6-9H2. The normalized spacial score (nSPS) is 15.0. The van der Waals surface area contributed by atoms with Gasteiger partial charge >= 0.3 is 4.87 Å². The van der Waals surface area contributed by atoms with E-state index in [1.165, 1.54) is 16.2 Å². The summed E-state index contributed by atoms with van der Waals surface area (Å²) in [6.07, 6.45) is 2.35. The van der Waals surface area contributed by atoms with Crippen molar-refractivity contribution in [3.8, 4) is 10.4 Å². The number of rotatable bonds is 4. The number of hydrogen-bond acceptors (Lipinski definition) is 4. The smallest absolute Gasteiger partial charge is 0.304 e. The number of carbonyl (C=O) groups excluding carboxylic acids is 2. The van der Waals surface area contributed by atoms with Gasteiger partial charge in [0.1, 0.15) is 0 Å². The highest BCUT2D eigenvalue weighted by Gasteiger charge is 2.28. The van der Waals surface area contributed by atoms with Crippen molar-refractivity contribution in [3.63, 3.8) is 0 Å². The van der Waals surface area contributed by atoms with Gasteiger partial charge in [0.05, 0.1) is 4.88 Å². The number of imide groups is 1. The predicted octanol–water partition coefficient (Wildman–Crippen LogP) is 1.73. The van der Waals surface area contributed by atoms with Crippen LogP contribution in [0.4, 0.5) is 0 Å². The summed E-state index contributed by atoms with van der Waals surface area (Å²) in [7, 11) is 0. The van der Waals surface area contributed by atoms with Crippen LogP contribution in [0.3, 0.4) is 0 Å². The third-order valence-electron chi connectivity index (χ3n) is 3.48. The van der Waals surface area contributed by atoms with Crippen LogP contribution in [-0.4, -0.2) is 27.8 Å². The summed E-state index contributed by atoms with van der Waals surface area (Å²) in [5.74, 6) is -0.293. The molecule has 1 aromatic heterocycles. The third-order valence-corrected chi connectivity index (χ3v) is 4.45. The first-order chi connectivity index (χ1) is 10.1. The van der Waals surface area contributed by atoms with E-state index in [0.717, 1.165) is 10.4 Å². The highest BCUT2D eigenvalue weighted by atomic mass is 32.1. The molecule has 2 amide bonds. The summed E-state index contributed by atoms with van der Waals surface area (Å²) < 4.78 is 1.56. The second-order valence-corrected chi connectivity index (χ2v) is 5.85. The Bertz CT molecular complexity index is 717. The molecule has 0 radical (unpaired) electrons. The maximum atomic E-state index is 12.0. The van der Waals surface area contributed by atoms with Crippen molar-refractivity contribution in [2.45, 2.75) is 19.4 Å². The fraction of sp³-hybridized carbons (Fsp3) is 0.267. The van der Waals surface area contributed by atoms with E-state index in [1.54, 1.807) is 10.8 Å². The van der Waals surface area contributed by atoms with Crippen molar-refractivity contribution >= 4 is 23.2 Å². The Morgan fingerprint density at radius 2 is 1.62 bits per heavy atom. The number of aromatic nitrogens is 1. The molecule has 1 aromatic carbocycles. The number of nitrogens with zero attached hydrogens (tertiary/aromatic N) is 2. The van der Waals surface area contributed by atoms with Gasteiger partial charge in [0.25, 0.3) is 0 Å². The van der Waals surface area contributed by atoms with Gasteiger partial charge in [-0.3, -0.25) is 19.3 Å². The summed E-state index contributed by atoms with van der Waals surface area (Å²) >= 11 is 1.17. The number of hydrogen-bond donors (Lipinski definition) is 0. The molecule has 0 spiro atoms. The Morgan fingerprint density at radius 3 is 2.29 bits per heavy atom. The minimum absolute atomic E-state index is 0.0760. The first kappa shape index (κ1) is 13.8. The Kier molecular flexibility index (Phi) is 3.70. The van der Waals surface area contributed by atoms with Gasteiger partial charge in [-0.1, -0.05) is 41.7 Å². The molecule has 0 saturated carbocycles. The molecule has 3 rings (SSSR count). The monoisotopic (exact) mass is 302 g/mol. The summed E-state index contributed by atoms with van der Waals surface area (Å²) in [6.45, 7) is 0.613. The average Bonchev–Trinajstić information content (AvgIpc) is 3.02. The van der Waals surface area contributed by atoms with Crippen LogP contribution < -0.4 is 4.87 Å². The van der Waals surface area contributed by atoms with Crippen LogP contribution in [0, 0.1) is 0 Å². The van der Waals surface area contributed by atoms with Gasteiger partial charge in [-0.05, 0) is 5.56 Å². The van der Waals surface area contributed by atoms with E-state index in [4.69, 9.17) is 0 Å². The zero-order valence-corrected chi connectivity index (χ0v) is 12.1. The van der Waals surface area contributed by atoms with Gasteiger partial charge in [-0.15, -0.1) is 0 Å². The Hall–Kier alpha value is -2.21. The van der Waals surface area contributed by atoms with Crippen LogP contribution in [-0.2, 0) is 16.1 Å². The maximum Gasteiger partial charge on any atom is 0.307 e. The van der Waals surface area contributed by atoms with E-state index in [0.29, 0.717) is 6.54 Å². The second-order valence-electron chi connectivity index (χ2n) is 4.86. The van der Waals surface area contributed by atoms with Crippen LogP contribution in [0.15, 0.2) is 41.3 Å². The summed E-state index contributed by atoms with van der Waals surface area (Å²) in [5.41, 5.74) is 0.992. The van der Waals surface area contributed by atoms with Gasteiger partial charge in [0.15, 0.2) is 0 Å². The zero-order valence-electron chi connectivity index (χ0n) is 11.3. The Labute approximate surface area is 125 Å². The van der Waals surface area contributed by atoms with Crippen molar-refractivity contribution in [3.05, 3.63) is 46.2 Å². The molecule has 1 fully saturated rings. The molecule has 21 heavy (non-hydrogen) atoms. The molecule has 2 heterocycles. The van der Waals surface area contributed by atoms with E-state index in [9.17, 15) is 14.4 Å². The molecule has 1 aliphatic heterocycles. The van der Waals surface area contributed by atoms with Crippen LogP contribution in [0.25, 0.3) is 10.4 Å². The van der Waals surface area contributed by atoms with Crippen LogP contribution in [0.2, 0.25) is 0 Å². The Morgan fingerprint density at radius 1 is 0.952 bits per heavy atom. The van der Waals surface area contributed by atoms with E-state index < -0.39 is 0 Å². The lowest BCUT2D eigenvalue weighted by Gasteiger charge is -2.13. The lowest BCUT2D eigenvalue weighted by atomic mass is 10.2. The molecular weight excluding hydrogens is 288 g/mol. The maximum absolute atomic E-state index is 12.0. The topological polar surface area (TPSA) is 59.4 Å². The van der Waals surface area contributed by atoms with Crippen molar-refractivity contribution in [2.75, 3.05) is 6.54 Å². The molecule has 6 heteroatoms. The first-order valence-electron chi connectivity index (χ1n) is 6.74. The lowest BCUT2D eigenvalue weighted by molar-refractivity contribution is -0.138. The molecule has 0 bridgehead atoms. The molecule has 0 aliphatic carbocycles. The molecule has 0 atom stereocenters. The molecule has 1 saturated heterocycles. The van der Waals surface area contributed by atoms with Crippen molar-refractivity contribution in [1.29, 1.82) is 0 Å². The number of carbonyl (C=O) groups is 2. The van der Waals surface area contributed by atoms with Crippen LogP contribution in [0.5, 0.6) is 0 Å². The molecule has 108 valence electrons.